The molecule has 3 saturated carbocycles. The second kappa shape index (κ2) is 6.39. The van der Waals surface area contributed by atoms with Crippen LogP contribution in [0.1, 0.15) is 72.1 Å². The van der Waals surface area contributed by atoms with Gasteiger partial charge in [0.15, 0.2) is 0 Å². The van der Waals surface area contributed by atoms with Gasteiger partial charge in [-0.1, -0.05) is 25.5 Å². The Morgan fingerprint density at radius 1 is 1.15 bits per heavy atom. The molecule has 5 nitrogen and oxygen atoms in total. The highest BCUT2D eigenvalue weighted by Gasteiger charge is 2.59. The fraction of sp³-hybridized carbons (Fsp3) is 0.857. The lowest BCUT2D eigenvalue weighted by Crippen LogP contribution is -2.51. The summed E-state index contributed by atoms with van der Waals surface area (Å²) in [7, 11) is -4.65. The topological polar surface area (TPSA) is 83.5 Å². The molecular formula is C21H31O5S-. The quantitative estimate of drug-likeness (QED) is 0.410. The van der Waals surface area contributed by atoms with E-state index in [1.54, 1.807) is 6.92 Å². The number of carbonyl (C=O) groups is 1. The van der Waals surface area contributed by atoms with Gasteiger partial charge in [-0.05, 0) is 86.9 Å². The van der Waals surface area contributed by atoms with Gasteiger partial charge in [0.05, 0.1) is 6.10 Å². The van der Waals surface area contributed by atoms with E-state index in [0.29, 0.717) is 36.4 Å². The van der Waals surface area contributed by atoms with Crippen LogP contribution in [-0.2, 0) is 19.4 Å². The highest BCUT2D eigenvalue weighted by Crippen LogP contribution is 2.66. The first-order valence-corrected chi connectivity index (χ1v) is 11.7. The van der Waals surface area contributed by atoms with Gasteiger partial charge in [-0.15, -0.1) is 0 Å². The van der Waals surface area contributed by atoms with E-state index in [1.807, 2.05) is 0 Å². The van der Waals surface area contributed by atoms with Gasteiger partial charge < -0.3 is 4.55 Å². The van der Waals surface area contributed by atoms with Gasteiger partial charge in [-0.2, -0.15) is 0 Å². The molecule has 4 aliphatic rings. The molecule has 0 spiro atoms. The molecule has 0 aromatic rings. The largest absolute Gasteiger partial charge is 0.726 e. The Morgan fingerprint density at radius 3 is 2.56 bits per heavy atom. The Morgan fingerprint density at radius 2 is 1.89 bits per heavy atom. The first-order valence-electron chi connectivity index (χ1n) is 10.4. The van der Waals surface area contributed by atoms with E-state index in [4.69, 9.17) is 4.18 Å². The molecule has 0 heterocycles. The van der Waals surface area contributed by atoms with Crippen molar-refractivity contribution < 1.29 is 21.9 Å². The van der Waals surface area contributed by atoms with Gasteiger partial charge in [0.1, 0.15) is 5.78 Å². The molecule has 4 rings (SSSR count). The molecule has 0 saturated heterocycles. The summed E-state index contributed by atoms with van der Waals surface area (Å²) in [5.41, 5.74) is 1.50. The van der Waals surface area contributed by atoms with Crippen LogP contribution in [0.4, 0.5) is 0 Å². The minimum absolute atomic E-state index is 0.0745. The van der Waals surface area contributed by atoms with Gasteiger partial charge in [0.2, 0.25) is 10.4 Å². The number of allylic oxidation sites excluding steroid dienone is 1. The minimum Gasteiger partial charge on any atom is -0.726 e. The van der Waals surface area contributed by atoms with Gasteiger partial charge in [0.25, 0.3) is 0 Å². The van der Waals surface area contributed by atoms with Gasteiger partial charge in [-0.3, -0.25) is 8.98 Å². The zero-order valence-corrected chi connectivity index (χ0v) is 17.4. The maximum atomic E-state index is 12.2. The van der Waals surface area contributed by atoms with E-state index in [2.05, 4.69) is 19.9 Å². The van der Waals surface area contributed by atoms with E-state index in [0.717, 1.165) is 38.5 Å². The van der Waals surface area contributed by atoms with Gasteiger partial charge in [-0.25, -0.2) is 8.42 Å². The monoisotopic (exact) mass is 395 g/mol. The van der Waals surface area contributed by atoms with Gasteiger partial charge >= 0.3 is 0 Å². The normalized spacial score (nSPS) is 46.8. The first-order chi connectivity index (χ1) is 12.5. The molecule has 0 amide bonds. The molecule has 0 N–H and O–H groups in total. The minimum atomic E-state index is -4.65. The molecule has 0 bridgehead atoms. The number of fused-ring (bicyclic) bond motifs is 5. The Balaban J connectivity index is 1.58. The molecular weight excluding hydrogens is 364 g/mol. The average molecular weight is 396 g/mol. The molecule has 0 aliphatic heterocycles. The van der Waals surface area contributed by atoms with Crippen LogP contribution in [-0.4, -0.2) is 24.9 Å². The number of Topliss-reactive ketones (excluding diaryl/α,β-unsaturated/α-hetero) is 1. The van der Waals surface area contributed by atoms with Crippen molar-refractivity contribution in [2.45, 2.75) is 78.2 Å². The number of carbonyl (C=O) groups excluding carboxylic acids is 1. The highest BCUT2D eigenvalue weighted by molar-refractivity contribution is 7.80. The summed E-state index contributed by atoms with van der Waals surface area (Å²) in [6.07, 6.45) is 9.30. The molecule has 0 aromatic carbocycles. The predicted molar refractivity (Wildman–Crippen MR) is 100 cm³/mol. The summed E-state index contributed by atoms with van der Waals surface area (Å²) in [5.74, 6) is 2.38. The summed E-state index contributed by atoms with van der Waals surface area (Å²) >= 11 is 0. The summed E-state index contributed by atoms with van der Waals surface area (Å²) in [4.78, 5) is 12.2. The first kappa shape index (κ1) is 19.6. The third-order valence-electron chi connectivity index (χ3n) is 8.80. The van der Waals surface area contributed by atoms with Crippen LogP contribution in [0.3, 0.4) is 0 Å². The molecule has 4 aliphatic carbocycles. The van der Waals surface area contributed by atoms with Crippen LogP contribution < -0.4 is 0 Å². The second-order valence-electron chi connectivity index (χ2n) is 9.91. The van der Waals surface area contributed by atoms with Crippen LogP contribution in [0.15, 0.2) is 11.6 Å². The second-order valence-corrected chi connectivity index (χ2v) is 10.9. The molecule has 6 heteroatoms. The molecule has 7 atom stereocenters. The van der Waals surface area contributed by atoms with Crippen molar-refractivity contribution in [2.24, 2.45) is 34.5 Å². The van der Waals surface area contributed by atoms with Crippen LogP contribution in [0.2, 0.25) is 0 Å². The number of hydrogen-bond acceptors (Lipinski definition) is 5. The standard InChI is InChI=1S/C21H32O5S/c1-13(22)17-6-7-18-16-5-4-14-12-15(26-27(23,24)25)8-10-20(14,2)19(16)9-11-21(17,18)3/h4,15-19H,5-12H2,1-3H3,(H,23,24,25)/p-1/t15?,16-,17+,18-,19-,20-,21+/m0/s1. The Bertz CT molecular complexity index is 771. The third kappa shape index (κ3) is 3.12. The summed E-state index contributed by atoms with van der Waals surface area (Å²) in [6, 6.07) is 0. The van der Waals surface area contributed by atoms with Gasteiger partial charge in [0, 0.05) is 5.92 Å². The Hall–Kier alpha value is -0.720. The molecule has 0 aromatic heterocycles. The maximum absolute atomic E-state index is 12.2. The van der Waals surface area contributed by atoms with Crippen molar-refractivity contribution in [3.05, 3.63) is 11.6 Å². The molecule has 3 fully saturated rings. The van der Waals surface area contributed by atoms with Crippen molar-refractivity contribution >= 4 is 16.2 Å². The highest BCUT2D eigenvalue weighted by atomic mass is 32.3. The predicted octanol–water partition coefficient (Wildman–Crippen LogP) is 4.00. The fourth-order valence-electron chi connectivity index (χ4n) is 7.54. The summed E-state index contributed by atoms with van der Waals surface area (Å²) < 4.78 is 37.7. The lowest BCUT2D eigenvalue weighted by Gasteiger charge is -2.58. The van der Waals surface area contributed by atoms with E-state index >= 15 is 0 Å². The van der Waals surface area contributed by atoms with E-state index in [-0.39, 0.29) is 16.7 Å². The van der Waals surface area contributed by atoms with E-state index in [9.17, 15) is 17.8 Å². The van der Waals surface area contributed by atoms with Crippen molar-refractivity contribution in [2.75, 3.05) is 0 Å². The van der Waals surface area contributed by atoms with E-state index < -0.39 is 16.5 Å². The van der Waals surface area contributed by atoms with Crippen molar-refractivity contribution in [1.82, 2.24) is 0 Å². The number of hydrogen-bond donors (Lipinski definition) is 0. The summed E-state index contributed by atoms with van der Waals surface area (Å²) in [5, 5.41) is 0. The average Bonchev–Trinajstić information content (AvgIpc) is 2.91. The number of ketones is 1. The third-order valence-corrected chi connectivity index (χ3v) is 9.31. The lowest BCUT2D eigenvalue weighted by atomic mass is 9.47. The van der Waals surface area contributed by atoms with Crippen LogP contribution in [0.5, 0.6) is 0 Å². The SMILES string of the molecule is CC(=O)[C@H]1CC[C@H]2[C@@H]3CC=C4CC(OS(=O)(=O)[O-])CC[C@]4(C)[C@H]3CC[C@]12C. The zero-order valence-electron chi connectivity index (χ0n) is 16.6. The Labute approximate surface area is 162 Å². The van der Waals surface area contributed by atoms with Crippen LogP contribution in [0.25, 0.3) is 0 Å². The smallest absolute Gasteiger partial charge is 0.217 e. The molecule has 0 radical (unpaired) electrons. The van der Waals surface area contributed by atoms with Crippen molar-refractivity contribution in [3.63, 3.8) is 0 Å². The maximum Gasteiger partial charge on any atom is 0.217 e. The van der Waals surface area contributed by atoms with E-state index in [1.165, 1.54) is 5.57 Å². The number of rotatable bonds is 3. The van der Waals surface area contributed by atoms with Crippen LogP contribution >= 0.6 is 0 Å². The molecule has 1 unspecified atom stereocenters. The zero-order chi connectivity index (χ0) is 19.6. The van der Waals surface area contributed by atoms with Crippen molar-refractivity contribution in [1.29, 1.82) is 0 Å². The molecule has 152 valence electrons. The van der Waals surface area contributed by atoms with Crippen LogP contribution in [0, 0.1) is 34.5 Å². The fourth-order valence-corrected chi connectivity index (χ4v) is 8.04. The lowest BCUT2D eigenvalue weighted by molar-refractivity contribution is -0.127. The van der Waals surface area contributed by atoms with Crippen molar-refractivity contribution in [3.8, 4) is 0 Å². The Kier molecular flexibility index (Phi) is 4.64. The summed E-state index contributed by atoms with van der Waals surface area (Å²) in [6.45, 7) is 6.44. The molecule has 27 heavy (non-hydrogen) atoms.